The van der Waals surface area contributed by atoms with Gasteiger partial charge in [-0.3, -0.25) is 0 Å². The number of esters is 1. The maximum Gasteiger partial charge on any atom is 0.338 e. The van der Waals surface area contributed by atoms with E-state index in [9.17, 15) is 4.79 Å². The second-order valence-corrected chi connectivity index (χ2v) is 8.05. The van der Waals surface area contributed by atoms with Gasteiger partial charge in [-0.15, -0.1) is 0 Å². The van der Waals surface area contributed by atoms with Gasteiger partial charge in [-0.2, -0.15) is 20.5 Å². The summed E-state index contributed by atoms with van der Waals surface area (Å²) in [6, 6.07) is 22.4. The largest absolute Gasteiger partial charge is 0.462 e. The lowest BCUT2D eigenvalue weighted by Gasteiger charge is -2.22. The summed E-state index contributed by atoms with van der Waals surface area (Å²) in [6.45, 7) is 8.87. The molecule has 0 aromatic heterocycles. The molecule has 3 rings (SSSR count). The standard InChI is InChI=1S/C28H33N5O2/c1-4-7-21-35-28(34)22-8-10-23(11-9-22)29-30-24-12-14-25(15-13-24)31-32-26-16-18-27(19-17-26)33(6-3)20-5-2/h8-19H,4-7,20-21H2,1-3H3. The third-order valence-electron chi connectivity index (χ3n) is 5.34. The van der Waals surface area contributed by atoms with Crippen LogP contribution in [0.25, 0.3) is 0 Å². The maximum atomic E-state index is 12.0. The molecule has 182 valence electrons. The zero-order valence-corrected chi connectivity index (χ0v) is 20.7. The fraction of sp³-hybridized carbons (Fsp3) is 0.321. The van der Waals surface area contributed by atoms with Gasteiger partial charge in [-0.05, 0) is 92.6 Å². The Morgan fingerprint density at radius 2 is 1.14 bits per heavy atom. The van der Waals surface area contributed by atoms with Crippen LogP contribution in [0, 0.1) is 0 Å². The van der Waals surface area contributed by atoms with Crippen LogP contribution in [0.5, 0.6) is 0 Å². The summed E-state index contributed by atoms with van der Waals surface area (Å²) in [5, 5.41) is 17.1. The predicted octanol–water partition coefficient (Wildman–Crippen LogP) is 8.71. The van der Waals surface area contributed by atoms with E-state index in [4.69, 9.17) is 4.74 Å². The SMILES string of the molecule is CCCCOC(=O)c1ccc(N=Nc2ccc(N=Nc3ccc(N(CC)CCC)cc3)cc2)cc1. The summed E-state index contributed by atoms with van der Waals surface area (Å²) in [5.41, 5.74) is 4.61. The Labute approximate surface area is 207 Å². The van der Waals surface area contributed by atoms with Crippen LogP contribution in [0.1, 0.15) is 50.4 Å². The van der Waals surface area contributed by atoms with Gasteiger partial charge in [0.2, 0.25) is 0 Å². The van der Waals surface area contributed by atoms with Gasteiger partial charge in [0, 0.05) is 18.8 Å². The molecule has 0 N–H and O–H groups in total. The zero-order valence-electron chi connectivity index (χ0n) is 20.7. The van der Waals surface area contributed by atoms with E-state index in [-0.39, 0.29) is 5.97 Å². The Morgan fingerprint density at radius 1 is 0.686 bits per heavy atom. The van der Waals surface area contributed by atoms with Crippen LogP contribution >= 0.6 is 0 Å². The van der Waals surface area contributed by atoms with Crippen LogP contribution < -0.4 is 4.90 Å². The highest BCUT2D eigenvalue weighted by Gasteiger charge is 2.06. The lowest BCUT2D eigenvalue weighted by molar-refractivity contribution is 0.0500. The Morgan fingerprint density at radius 3 is 1.57 bits per heavy atom. The Balaban J connectivity index is 1.55. The van der Waals surface area contributed by atoms with E-state index >= 15 is 0 Å². The molecule has 0 unspecified atom stereocenters. The number of hydrogen-bond donors (Lipinski definition) is 0. The number of ether oxygens (including phenoxy) is 1. The monoisotopic (exact) mass is 471 g/mol. The molecular weight excluding hydrogens is 438 g/mol. The fourth-order valence-corrected chi connectivity index (χ4v) is 3.34. The summed E-state index contributed by atoms with van der Waals surface area (Å²) in [7, 11) is 0. The van der Waals surface area contributed by atoms with Crippen LogP contribution in [0.4, 0.5) is 28.4 Å². The van der Waals surface area contributed by atoms with Crippen molar-refractivity contribution >= 4 is 34.4 Å². The van der Waals surface area contributed by atoms with Crippen molar-refractivity contribution in [3.05, 3.63) is 78.4 Å². The summed E-state index contributed by atoms with van der Waals surface area (Å²) in [4.78, 5) is 14.3. The first-order valence-corrected chi connectivity index (χ1v) is 12.2. The first-order valence-electron chi connectivity index (χ1n) is 12.2. The molecule has 0 fully saturated rings. The second kappa shape index (κ2) is 13.7. The molecule has 0 aliphatic carbocycles. The van der Waals surface area contributed by atoms with E-state index < -0.39 is 0 Å². The van der Waals surface area contributed by atoms with E-state index in [1.165, 1.54) is 5.69 Å². The van der Waals surface area contributed by atoms with Crippen molar-refractivity contribution in [2.45, 2.75) is 40.0 Å². The highest BCUT2D eigenvalue weighted by Crippen LogP contribution is 2.25. The number of nitrogens with zero attached hydrogens (tertiary/aromatic N) is 5. The molecule has 0 aliphatic heterocycles. The van der Waals surface area contributed by atoms with E-state index in [1.54, 1.807) is 24.3 Å². The molecule has 0 heterocycles. The van der Waals surface area contributed by atoms with Crippen molar-refractivity contribution in [2.75, 3.05) is 24.6 Å². The van der Waals surface area contributed by atoms with Gasteiger partial charge in [-0.1, -0.05) is 20.3 Å². The minimum Gasteiger partial charge on any atom is -0.462 e. The summed E-state index contributed by atoms with van der Waals surface area (Å²) < 4.78 is 5.21. The number of carbonyl (C=O) groups is 1. The number of unbranched alkanes of at least 4 members (excludes halogenated alkanes) is 1. The smallest absolute Gasteiger partial charge is 0.338 e. The first-order chi connectivity index (χ1) is 17.1. The summed E-state index contributed by atoms with van der Waals surface area (Å²) in [5.74, 6) is -0.318. The second-order valence-electron chi connectivity index (χ2n) is 8.05. The van der Waals surface area contributed by atoms with E-state index in [0.717, 1.165) is 43.7 Å². The molecule has 0 atom stereocenters. The third kappa shape index (κ3) is 8.14. The van der Waals surface area contributed by atoms with E-state index in [2.05, 4.69) is 58.3 Å². The molecule has 0 bridgehead atoms. The summed E-state index contributed by atoms with van der Waals surface area (Å²) >= 11 is 0. The normalized spacial score (nSPS) is 11.3. The molecule has 35 heavy (non-hydrogen) atoms. The molecule has 0 saturated carbocycles. The number of benzene rings is 3. The molecule has 0 amide bonds. The lowest BCUT2D eigenvalue weighted by atomic mass is 10.2. The van der Waals surface area contributed by atoms with Crippen molar-refractivity contribution in [3.63, 3.8) is 0 Å². The highest BCUT2D eigenvalue weighted by molar-refractivity contribution is 5.89. The van der Waals surface area contributed by atoms with Crippen LogP contribution in [0.15, 0.2) is 93.3 Å². The van der Waals surface area contributed by atoms with Crippen LogP contribution in [0.2, 0.25) is 0 Å². The fourth-order valence-electron chi connectivity index (χ4n) is 3.34. The highest BCUT2D eigenvalue weighted by atomic mass is 16.5. The minimum absolute atomic E-state index is 0.318. The van der Waals surface area contributed by atoms with Gasteiger partial charge in [0.05, 0.1) is 34.9 Å². The quantitative estimate of drug-likeness (QED) is 0.150. The number of anilines is 1. The predicted molar refractivity (Wildman–Crippen MR) is 141 cm³/mol. The molecule has 3 aromatic rings. The lowest BCUT2D eigenvalue weighted by Crippen LogP contribution is -2.23. The third-order valence-corrected chi connectivity index (χ3v) is 5.34. The van der Waals surface area contributed by atoms with Gasteiger partial charge in [-0.25, -0.2) is 4.79 Å². The van der Waals surface area contributed by atoms with Gasteiger partial charge in [0.1, 0.15) is 0 Å². The number of rotatable bonds is 12. The average Bonchev–Trinajstić information content (AvgIpc) is 2.90. The summed E-state index contributed by atoms with van der Waals surface area (Å²) in [6.07, 6.45) is 2.97. The maximum absolute atomic E-state index is 12.0. The van der Waals surface area contributed by atoms with E-state index in [0.29, 0.717) is 23.5 Å². The molecular formula is C28H33N5O2. The van der Waals surface area contributed by atoms with Crippen molar-refractivity contribution in [2.24, 2.45) is 20.5 Å². The van der Waals surface area contributed by atoms with Gasteiger partial charge in [0.25, 0.3) is 0 Å². The van der Waals surface area contributed by atoms with Crippen molar-refractivity contribution in [3.8, 4) is 0 Å². The minimum atomic E-state index is -0.318. The Hall–Kier alpha value is -3.87. The average molecular weight is 472 g/mol. The molecule has 7 nitrogen and oxygen atoms in total. The van der Waals surface area contributed by atoms with Crippen molar-refractivity contribution in [1.82, 2.24) is 0 Å². The van der Waals surface area contributed by atoms with Crippen LogP contribution in [-0.4, -0.2) is 25.7 Å². The van der Waals surface area contributed by atoms with Gasteiger partial charge < -0.3 is 9.64 Å². The molecule has 3 aromatic carbocycles. The molecule has 7 heteroatoms. The number of hydrogen-bond acceptors (Lipinski definition) is 7. The van der Waals surface area contributed by atoms with Gasteiger partial charge in [0.15, 0.2) is 0 Å². The molecule has 0 spiro atoms. The van der Waals surface area contributed by atoms with Crippen LogP contribution in [-0.2, 0) is 4.74 Å². The molecule has 0 radical (unpaired) electrons. The Bertz CT molecular complexity index is 1110. The number of carbonyl (C=O) groups excluding carboxylic acids is 1. The van der Waals surface area contributed by atoms with Gasteiger partial charge >= 0.3 is 5.97 Å². The van der Waals surface area contributed by atoms with Crippen LogP contribution in [0.3, 0.4) is 0 Å². The first kappa shape index (κ1) is 25.7. The van der Waals surface area contributed by atoms with Crippen molar-refractivity contribution in [1.29, 1.82) is 0 Å². The Kier molecular flexibility index (Phi) is 10.1. The van der Waals surface area contributed by atoms with Crippen molar-refractivity contribution < 1.29 is 9.53 Å². The topological polar surface area (TPSA) is 79.0 Å². The zero-order chi connectivity index (χ0) is 24.9. The molecule has 0 saturated heterocycles. The number of azo groups is 2. The van der Waals surface area contributed by atoms with E-state index in [1.807, 2.05) is 36.4 Å². The molecule has 0 aliphatic rings.